The average molecular weight is 584 g/mol. The molecule has 9 heteroatoms. The Kier molecular flexibility index (Phi) is 8.61. The van der Waals surface area contributed by atoms with E-state index in [-0.39, 0.29) is 35.4 Å². The second-order valence-electron chi connectivity index (χ2n) is 10.4. The van der Waals surface area contributed by atoms with Gasteiger partial charge in [-0.25, -0.2) is 8.42 Å². The summed E-state index contributed by atoms with van der Waals surface area (Å²) >= 11 is 0. The zero-order valence-corrected chi connectivity index (χ0v) is 24.4. The van der Waals surface area contributed by atoms with Gasteiger partial charge in [-0.3, -0.25) is 4.79 Å². The van der Waals surface area contributed by atoms with Crippen LogP contribution in [-0.4, -0.2) is 18.5 Å². The molecule has 0 aliphatic heterocycles. The number of ketones is 1. The van der Waals surface area contributed by atoms with Gasteiger partial charge in [-0.15, -0.1) is 0 Å². The molecule has 4 aromatic rings. The van der Waals surface area contributed by atoms with Crippen LogP contribution in [0.5, 0.6) is 0 Å². The number of carbonyl (C=O) groups excluding carboxylic acids is 1. The molecule has 0 saturated heterocycles. The Bertz CT molecular complexity index is 1650. The quantitative estimate of drug-likeness (QED) is 0.200. The highest BCUT2D eigenvalue weighted by atomic mass is 32.2. The van der Waals surface area contributed by atoms with Gasteiger partial charge in [0.25, 0.3) is 0 Å². The summed E-state index contributed by atoms with van der Waals surface area (Å²) in [7, 11) is -4.13. The molecule has 0 fully saturated rings. The number of benzene rings is 3. The van der Waals surface area contributed by atoms with E-state index in [2.05, 4.69) is 0 Å². The smallest absolute Gasteiger partial charge is 0.449 e. The van der Waals surface area contributed by atoms with E-state index < -0.39 is 22.0 Å². The van der Waals surface area contributed by atoms with Crippen molar-refractivity contribution in [2.24, 2.45) is 0 Å². The lowest BCUT2D eigenvalue weighted by molar-refractivity contribution is -0.153. The number of furan rings is 1. The van der Waals surface area contributed by atoms with Gasteiger partial charge >= 0.3 is 6.18 Å². The number of hydrogen-bond acceptors (Lipinski definition) is 4. The van der Waals surface area contributed by atoms with E-state index in [1.807, 2.05) is 50.2 Å². The van der Waals surface area contributed by atoms with E-state index >= 15 is 0 Å². The van der Waals surface area contributed by atoms with Crippen molar-refractivity contribution in [2.45, 2.75) is 64.7 Å². The zero-order valence-electron chi connectivity index (χ0n) is 23.5. The lowest BCUT2D eigenvalue weighted by atomic mass is 9.94. The first kappa shape index (κ1) is 30.3. The summed E-state index contributed by atoms with van der Waals surface area (Å²) in [6, 6.07) is 20.5. The van der Waals surface area contributed by atoms with Crippen LogP contribution < -0.4 is 0 Å². The zero-order chi connectivity index (χ0) is 30.1. The van der Waals surface area contributed by atoms with Gasteiger partial charge in [0.2, 0.25) is 15.8 Å². The highest BCUT2D eigenvalue weighted by Crippen LogP contribution is 2.33. The normalized spacial score (nSPS) is 13.0. The Hall–Kier alpha value is -3.69. The fourth-order valence-corrected chi connectivity index (χ4v) is 6.75. The molecular weight excluding hydrogens is 551 g/mol. The third-order valence-electron chi connectivity index (χ3n) is 7.12. The molecule has 0 N–H and O–H groups in total. The maximum atomic E-state index is 14.0. The van der Waals surface area contributed by atoms with Crippen molar-refractivity contribution in [1.29, 1.82) is 0 Å². The van der Waals surface area contributed by atoms with Gasteiger partial charge in [0.15, 0.2) is 0 Å². The van der Waals surface area contributed by atoms with E-state index in [1.165, 1.54) is 0 Å². The molecule has 1 aromatic heterocycles. The largest absolute Gasteiger partial charge is 0.455 e. The highest BCUT2D eigenvalue weighted by molar-refractivity contribution is 7.89. The van der Waals surface area contributed by atoms with E-state index in [0.717, 1.165) is 38.7 Å². The fraction of sp³-hybridized carbons (Fsp3) is 0.281. The Morgan fingerprint density at radius 2 is 1.51 bits per heavy atom. The van der Waals surface area contributed by atoms with Crippen molar-refractivity contribution >= 4 is 15.8 Å². The molecule has 1 unspecified atom stereocenters. The molecule has 0 saturated carbocycles. The summed E-state index contributed by atoms with van der Waals surface area (Å²) in [5.41, 5.74) is 5.35. The van der Waals surface area contributed by atoms with E-state index in [1.54, 1.807) is 45.0 Å². The van der Waals surface area contributed by atoms with Gasteiger partial charge in [-0.05, 0) is 73.2 Å². The van der Waals surface area contributed by atoms with Crippen LogP contribution in [0.3, 0.4) is 0 Å². The summed E-state index contributed by atoms with van der Waals surface area (Å²) in [5.74, 6) is -1.47. The number of nitrogens with zero attached hydrogens (tertiary/aromatic N) is 1. The lowest BCUT2D eigenvalue weighted by Crippen LogP contribution is -2.31. The molecule has 0 radical (unpaired) electrons. The third-order valence-corrected chi connectivity index (χ3v) is 9.22. The van der Waals surface area contributed by atoms with Crippen molar-refractivity contribution in [3.05, 3.63) is 112 Å². The number of aryl methyl sites for hydroxylation is 3. The number of Topliss-reactive ketones (excluding diaryl/α,β-unsaturated/α-hetero) is 1. The van der Waals surface area contributed by atoms with Crippen LogP contribution in [0.2, 0.25) is 0 Å². The Morgan fingerprint density at radius 1 is 0.878 bits per heavy atom. The number of carbonyl (C=O) groups is 1. The van der Waals surface area contributed by atoms with E-state index in [0.29, 0.717) is 16.7 Å². The minimum Gasteiger partial charge on any atom is -0.455 e. The Balaban J connectivity index is 1.69. The maximum Gasteiger partial charge on any atom is 0.449 e. The van der Waals surface area contributed by atoms with Gasteiger partial charge < -0.3 is 4.42 Å². The van der Waals surface area contributed by atoms with Crippen LogP contribution in [0.25, 0.3) is 11.1 Å². The molecule has 1 heterocycles. The van der Waals surface area contributed by atoms with Gasteiger partial charge in [0.05, 0.1) is 11.4 Å². The number of sulfonamides is 1. The topological polar surface area (TPSA) is 67.6 Å². The predicted molar refractivity (Wildman–Crippen MR) is 152 cm³/mol. The summed E-state index contributed by atoms with van der Waals surface area (Å²) < 4.78 is 73.6. The van der Waals surface area contributed by atoms with E-state index in [4.69, 9.17) is 4.42 Å². The number of hydrogen-bond donors (Lipinski definition) is 0. The molecule has 41 heavy (non-hydrogen) atoms. The van der Waals surface area contributed by atoms with Crippen molar-refractivity contribution in [3.8, 4) is 11.1 Å². The van der Waals surface area contributed by atoms with Gasteiger partial charge in [-0.2, -0.15) is 17.5 Å². The predicted octanol–water partition coefficient (Wildman–Crippen LogP) is 7.97. The third kappa shape index (κ3) is 6.80. The summed E-state index contributed by atoms with van der Waals surface area (Å²) in [6.07, 6.45) is -4.68. The van der Waals surface area contributed by atoms with E-state index in [9.17, 15) is 26.4 Å². The Labute approximate surface area is 238 Å². The summed E-state index contributed by atoms with van der Waals surface area (Å²) in [6.45, 7) is 8.22. The second kappa shape index (κ2) is 11.7. The first-order chi connectivity index (χ1) is 19.2. The Morgan fingerprint density at radius 3 is 2.07 bits per heavy atom. The van der Waals surface area contributed by atoms with Gasteiger partial charge in [0.1, 0.15) is 11.5 Å². The molecule has 1 atom stereocenters. The molecule has 0 aliphatic rings. The highest BCUT2D eigenvalue weighted by Gasteiger charge is 2.36. The molecule has 3 aromatic carbocycles. The monoisotopic (exact) mass is 583 g/mol. The fourth-order valence-electron chi connectivity index (χ4n) is 4.95. The van der Waals surface area contributed by atoms with Crippen LogP contribution >= 0.6 is 0 Å². The summed E-state index contributed by atoms with van der Waals surface area (Å²) in [5, 5.41) is 0. The van der Waals surface area contributed by atoms with Gasteiger partial charge in [0, 0.05) is 12.5 Å². The SMILES string of the molecule is CC(=O)C(C)c1cccc(-c2ccc(CN(Cc3ccc(C(F)(F)F)o3)S(=O)(=O)c3c(C)cc(C)cc3C)cc2)c1. The minimum atomic E-state index is -4.68. The minimum absolute atomic E-state index is 0.0664. The molecular formula is C32H32F3NO4S. The maximum absolute atomic E-state index is 14.0. The first-order valence-corrected chi connectivity index (χ1v) is 14.5. The number of rotatable bonds is 9. The number of halogens is 3. The van der Waals surface area contributed by atoms with Crippen LogP contribution in [0.4, 0.5) is 13.2 Å². The summed E-state index contributed by atoms with van der Waals surface area (Å²) in [4.78, 5) is 12.0. The first-order valence-electron chi connectivity index (χ1n) is 13.1. The molecule has 0 bridgehead atoms. The van der Waals surface area contributed by atoms with Crippen LogP contribution in [0.15, 0.2) is 82.1 Å². The average Bonchev–Trinajstić information content (AvgIpc) is 3.37. The van der Waals surface area contributed by atoms with Crippen LogP contribution in [0, 0.1) is 20.8 Å². The van der Waals surface area contributed by atoms with Crippen molar-refractivity contribution in [2.75, 3.05) is 0 Å². The van der Waals surface area contributed by atoms with Crippen molar-refractivity contribution < 1.29 is 30.8 Å². The lowest BCUT2D eigenvalue weighted by Gasteiger charge is -2.24. The van der Waals surface area contributed by atoms with Gasteiger partial charge in [-0.1, -0.05) is 73.2 Å². The van der Waals surface area contributed by atoms with Crippen LogP contribution in [-0.2, 0) is 34.1 Å². The van der Waals surface area contributed by atoms with Crippen molar-refractivity contribution in [3.63, 3.8) is 0 Å². The standard InChI is InChI=1S/C32H32F3NO4S/c1-20-15-21(2)31(22(3)16-20)41(38,39)36(19-29-13-14-30(40-29)32(33,34)35)18-25-9-11-26(12-10-25)28-8-6-7-27(17-28)23(4)24(5)37/h6-17,23H,18-19H2,1-5H3. The second-order valence-corrected chi connectivity index (χ2v) is 12.3. The molecule has 0 aliphatic carbocycles. The molecule has 0 spiro atoms. The molecule has 5 nitrogen and oxygen atoms in total. The van der Waals surface area contributed by atoms with Crippen LogP contribution in [0.1, 0.15) is 59.1 Å². The molecule has 4 rings (SSSR count). The molecule has 0 amide bonds. The van der Waals surface area contributed by atoms with Crippen molar-refractivity contribution in [1.82, 2.24) is 4.31 Å². The number of alkyl halides is 3. The molecule has 216 valence electrons.